The molecule has 5 aromatic rings. The van der Waals surface area contributed by atoms with E-state index in [1.807, 2.05) is 0 Å². The van der Waals surface area contributed by atoms with Crippen LogP contribution in [-0.2, 0) is 9.31 Å². The number of fused-ring (bicyclic) bond motifs is 3. The largest absolute Gasteiger partial charge is 0.495 e. The molecular weight excluding hydrogens is 527 g/mol. The summed E-state index contributed by atoms with van der Waals surface area (Å²) in [6, 6.07) is 28.5. The van der Waals surface area contributed by atoms with E-state index in [4.69, 9.17) is 9.31 Å². The molecule has 0 spiro atoms. The van der Waals surface area contributed by atoms with Crippen LogP contribution in [0, 0.1) is 0 Å². The van der Waals surface area contributed by atoms with Gasteiger partial charge in [-0.3, -0.25) is 0 Å². The molecule has 3 heterocycles. The Balaban J connectivity index is 1.37. The molecule has 1 aliphatic heterocycles. The van der Waals surface area contributed by atoms with E-state index in [1.54, 1.807) is 0 Å². The number of allylic oxidation sites excluding steroid dienone is 4. The molecule has 0 amide bonds. The summed E-state index contributed by atoms with van der Waals surface area (Å²) in [6.07, 6.45) is 12.0. The van der Waals surface area contributed by atoms with Crippen LogP contribution in [-0.4, -0.2) is 27.7 Å². The number of nitrogens with zero attached hydrogens (tertiary/aromatic N) is 2. The van der Waals surface area contributed by atoms with Crippen molar-refractivity contribution in [3.05, 3.63) is 124 Å². The number of aromatic nitrogens is 2. The zero-order chi connectivity index (χ0) is 29.1. The summed E-state index contributed by atoms with van der Waals surface area (Å²) in [5, 5.41) is 5.12. The Labute approximate surface area is 252 Å². The first kappa shape index (κ1) is 25.4. The minimum Gasteiger partial charge on any atom is -0.399 e. The highest BCUT2D eigenvalue weighted by Gasteiger charge is 2.54. The van der Waals surface area contributed by atoms with Gasteiger partial charge in [0.05, 0.1) is 32.9 Å². The lowest BCUT2D eigenvalue weighted by atomic mass is 9.64. The Kier molecular flexibility index (Phi) is 5.18. The monoisotopic (exact) mass is 562 g/mol. The Morgan fingerprint density at radius 1 is 0.698 bits per heavy atom. The molecule has 0 saturated carbocycles. The number of rotatable bonds is 3. The molecule has 43 heavy (non-hydrogen) atoms. The molecule has 1 fully saturated rings. The van der Waals surface area contributed by atoms with Gasteiger partial charge in [0, 0.05) is 28.2 Å². The summed E-state index contributed by atoms with van der Waals surface area (Å²) in [5.41, 5.74) is 8.15. The summed E-state index contributed by atoms with van der Waals surface area (Å²) >= 11 is 0. The summed E-state index contributed by atoms with van der Waals surface area (Å²) in [5.74, 6) is 0.435. The van der Waals surface area contributed by atoms with Gasteiger partial charge in [-0.25, -0.2) is 9.35 Å². The maximum Gasteiger partial charge on any atom is 0.495 e. The molecule has 0 bridgehead atoms. The van der Waals surface area contributed by atoms with Gasteiger partial charge in [0.15, 0.2) is 0 Å². The van der Waals surface area contributed by atoms with Crippen molar-refractivity contribution in [3.63, 3.8) is 0 Å². The first-order valence-electron chi connectivity index (χ1n) is 15.6. The third-order valence-corrected chi connectivity index (χ3v) is 10.5. The van der Waals surface area contributed by atoms with Crippen LogP contribution in [0.5, 0.6) is 0 Å². The van der Waals surface area contributed by atoms with Gasteiger partial charge in [-0.2, -0.15) is 0 Å². The zero-order valence-electron chi connectivity index (χ0n) is 25.2. The predicted molar refractivity (Wildman–Crippen MR) is 176 cm³/mol. The van der Waals surface area contributed by atoms with Crippen molar-refractivity contribution in [2.24, 2.45) is 0 Å². The lowest BCUT2D eigenvalue weighted by molar-refractivity contribution is 0.00578. The minimum atomic E-state index is -0.405. The molecule has 0 radical (unpaired) electrons. The molecule has 212 valence electrons. The van der Waals surface area contributed by atoms with E-state index in [1.165, 1.54) is 60.2 Å². The average Bonchev–Trinajstić information content (AvgIpc) is 3.60. The molecular formula is C38H35BN2O2. The topological polar surface area (TPSA) is 28.3 Å². The quantitative estimate of drug-likeness (QED) is 0.220. The smallest absolute Gasteiger partial charge is 0.399 e. The second-order valence-electron chi connectivity index (χ2n) is 13.5. The van der Waals surface area contributed by atoms with Crippen LogP contribution in [0.25, 0.3) is 39.5 Å². The highest BCUT2D eigenvalue weighted by Crippen LogP contribution is 2.47. The van der Waals surface area contributed by atoms with Crippen LogP contribution in [0.15, 0.2) is 96.5 Å². The second kappa shape index (κ2) is 8.75. The van der Waals surface area contributed by atoms with Gasteiger partial charge < -0.3 is 9.31 Å². The second-order valence-corrected chi connectivity index (χ2v) is 13.5. The molecule has 2 unspecified atom stereocenters. The fourth-order valence-corrected chi connectivity index (χ4v) is 7.74. The summed E-state index contributed by atoms with van der Waals surface area (Å²) in [4.78, 5) is 0. The van der Waals surface area contributed by atoms with Crippen LogP contribution in [0.3, 0.4) is 0 Å². The van der Waals surface area contributed by atoms with Crippen molar-refractivity contribution < 1.29 is 9.31 Å². The SMILES string of the molecule is CC1(C)OB(C2=CC3CCC=c4c3c3c(n4-n4c5ccccc5c5ccccc54)=CC(c4ccccc4)C=C23)OC1(C)C. The molecule has 3 aliphatic carbocycles. The molecule has 3 aromatic carbocycles. The number of hydrogen-bond acceptors (Lipinski definition) is 2. The van der Waals surface area contributed by atoms with Crippen LogP contribution in [0.1, 0.15) is 69.1 Å². The van der Waals surface area contributed by atoms with E-state index >= 15 is 0 Å². The predicted octanol–water partition coefficient (Wildman–Crippen LogP) is 7.10. The Bertz CT molecular complexity index is 2090. The van der Waals surface area contributed by atoms with Crippen molar-refractivity contribution in [1.29, 1.82) is 0 Å². The summed E-state index contributed by atoms with van der Waals surface area (Å²) in [7, 11) is -0.405. The van der Waals surface area contributed by atoms with Crippen LogP contribution in [0.4, 0.5) is 0 Å². The number of benzene rings is 3. The van der Waals surface area contributed by atoms with Gasteiger partial charge in [-0.15, -0.1) is 0 Å². The van der Waals surface area contributed by atoms with E-state index in [-0.39, 0.29) is 5.92 Å². The molecule has 1 saturated heterocycles. The molecule has 9 rings (SSSR count). The van der Waals surface area contributed by atoms with Crippen molar-refractivity contribution in [1.82, 2.24) is 9.35 Å². The summed E-state index contributed by atoms with van der Waals surface area (Å²) < 4.78 is 18.4. The van der Waals surface area contributed by atoms with Crippen LogP contribution in [0.2, 0.25) is 0 Å². The first-order valence-corrected chi connectivity index (χ1v) is 15.6. The third-order valence-electron chi connectivity index (χ3n) is 10.5. The van der Waals surface area contributed by atoms with Crippen molar-refractivity contribution in [3.8, 4) is 0 Å². The van der Waals surface area contributed by atoms with Crippen molar-refractivity contribution in [2.45, 2.75) is 63.6 Å². The maximum absolute atomic E-state index is 6.73. The lowest BCUT2D eigenvalue weighted by Gasteiger charge is -2.32. The maximum atomic E-state index is 6.73. The fraction of sp³-hybridized carbons (Fsp3) is 0.263. The molecule has 2 aromatic heterocycles. The fourth-order valence-electron chi connectivity index (χ4n) is 7.74. The highest BCUT2D eigenvalue weighted by atomic mass is 16.7. The van der Waals surface area contributed by atoms with Gasteiger partial charge in [-0.05, 0) is 80.9 Å². The average molecular weight is 563 g/mol. The van der Waals surface area contributed by atoms with Crippen LogP contribution < -0.4 is 10.7 Å². The molecule has 2 atom stereocenters. The summed E-state index contributed by atoms with van der Waals surface area (Å²) in [6.45, 7) is 8.59. The zero-order valence-corrected chi connectivity index (χ0v) is 25.2. The standard InChI is InChI=1S/C38H35BN2O2/c1-37(2)38(3,4)43-39(42-37)30-22-25-15-12-20-33-35(25)36-29(30)21-26(24-13-6-5-7-14-24)23-34(36)41(33)40-31-18-10-8-16-27(31)28-17-9-11-19-32(28)40/h5-11,13-14,16-23,25-26H,12,15H2,1-4H3. The molecule has 4 aliphatic rings. The van der Waals surface area contributed by atoms with Crippen molar-refractivity contribution >= 4 is 46.6 Å². The minimum absolute atomic E-state index is 0.120. The van der Waals surface area contributed by atoms with Gasteiger partial charge in [0.2, 0.25) is 0 Å². The van der Waals surface area contributed by atoms with Gasteiger partial charge in [0.1, 0.15) is 0 Å². The normalized spacial score (nSPS) is 23.0. The van der Waals surface area contributed by atoms with Gasteiger partial charge in [-0.1, -0.05) is 85.0 Å². The first-order chi connectivity index (χ1) is 20.8. The van der Waals surface area contributed by atoms with E-state index in [9.17, 15) is 0 Å². The van der Waals surface area contributed by atoms with E-state index in [0.717, 1.165) is 12.8 Å². The van der Waals surface area contributed by atoms with Gasteiger partial charge in [0.25, 0.3) is 0 Å². The molecule has 0 N–H and O–H groups in total. The Morgan fingerprint density at radius 2 is 1.33 bits per heavy atom. The molecule has 5 heteroatoms. The lowest BCUT2D eigenvalue weighted by Crippen LogP contribution is -2.41. The van der Waals surface area contributed by atoms with Gasteiger partial charge >= 0.3 is 7.12 Å². The van der Waals surface area contributed by atoms with E-state index in [0.29, 0.717) is 5.92 Å². The Hall–Kier alpha value is -4.06. The van der Waals surface area contributed by atoms with Crippen LogP contribution >= 0.6 is 0 Å². The Morgan fingerprint density at radius 3 is 2.00 bits per heavy atom. The molecule has 4 nitrogen and oxygen atoms in total. The van der Waals surface area contributed by atoms with E-state index < -0.39 is 18.3 Å². The number of hydrogen-bond donors (Lipinski definition) is 0. The van der Waals surface area contributed by atoms with E-state index in [2.05, 4.69) is 140 Å². The number of para-hydroxylation sites is 2. The third kappa shape index (κ3) is 3.47. The highest BCUT2D eigenvalue weighted by molar-refractivity contribution is 6.59. The van der Waals surface area contributed by atoms with Crippen molar-refractivity contribution in [2.75, 3.05) is 0 Å².